The molecule has 0 saturated carbocycles. The van der Waals surface area contributed by atoms with E-state index in [4.69, 9.17) is 0 Å². The summed E-state index contributed by atoms with van der Waals surface area (Å²) in [4.78, 5) is 34.9. The van der Waals surface area contributed by atoms with Gasteiger partial charge in [0.1, 0.15) is 5.78 Å². The Bertz CT molecular complexity index is 1260. The van der Waals surface area contributed by atoms with Crippen molar-refractivity contribution in [2.45, 2.75) is 19.8 Å². The number of hydrogen-bond donors (Lipinski definition) is 0. The van der Waals surface area contributed by atoms with Crippen molar-refractivity contribution < 1.29 is 9.59 Å². The quantitative estimate of drug-likeness (QED) is 0.508. The van der Waals surface area contributed by atoms with E-state index >= 15 is 0 Å². The largest absolute Gasteiger partial charge is 0.338 e. The lowest BCUT2D eigenvalue weighted by Gasteiger charge is -2.26. The Hall–Kier alpha value is -3.80. The Morgan fingerprint density at radius 3 is 2.26 bits per heavy atom. The summed E-state index contributed by atoms with van der Waals surface area (Å²) in [6.45, 7) is 3.07. The highest BCUT2D eigenvalue weighted by molar-refractivity contribution is 5.95. The lowest BCUT2D eigenvalue weighted by atomic mass is 10.1. The fourth-order valence-electron chi connectivity index (χ4n) is 3.90. The summed E-state index contributed by atoms with van der Waals surface area (Å²) in [5, 5.41) is 0. The molecule has 0 aliphatic carbocycles. The van der Waals surface area contributed by atoms with Crippen molar-refractivity contribution >= 4 is 17.3 Å². The number of fused-ring (bicyclic) bond motifs is 1. The third-order valence-electron chi connectivity index (χ3n) is 5.78. The summed E-state index contributed by atoms with van der Waals surface area (Å²) in [5.74, 6) is 0.198. The minimum Gasteiger partial charge on any atom is -0.338 e. The third-order valence-corrected chi connectivity index (χ3v) is 5.78. The fourth-order valence-corrected chi connectivity index (χ4v) is 3.90. The topological polar surface area (TPSA) is 67.6 Å². The van der Waals surface area contributed by atoms with E-state index in [1.807, 2.05) is 41.1 Å². The van der Waals surface area contributed by atoms with Crippen molar-refractivity contribution in [3.63, 3.8) is 0 Å². The standard InChI is InChI=1S/C25H22N4O2/c1-17-2-4-19(5-3-17)23-14-27-24-15-26-22(16-29(23)24)18-6-8-20(9-7-18)25(31)28-12-10-21(30)11-13-28/h2-9,14-16H,10-13H2,1H3. The van der Waals surface area contributed by atoms with Crippen LogP contribution >= 0.6 is 0 Å². The molecule has 1 saturated heterocycles. The van der Waals surface area contributed by atoms with Crippen molar-refractivity contribution in [3.8, 4) is 22.5 Å². The smallest absolute Gasteiger partial charge is 0.253 e. The lowest BCUT2D eigenvalue weighted by Crippen LogP contribution is -2.38. The van der Waals surface area contributed by atoms with E-state index < -0.39 is 0 Å². The maximum atomic E-state index is 12.7. The maximum absolute atomic E-state index is 12.7. The van der Waals surface area contributed by atoms with E-state index in [2.05, 4.69) is 41.2 Å². The third kappa shape index (κ3) is 3.72. The zero-order valence-electron chi connectivity index (χ0n) is 17.3. The fraction of sp³-hybridized carbons (Fsp3) is 0.200. The number of likely N-dealkylation sites (tertiary alicyclic amines) is 1. The second-order valence-corrected chi connectivity index (χ2v) is 7.92. The van der Waals surface area contributed by atoms with Gasteiger partial charge in [-0.05, 0) is 19.1 Å². The molecule has 1 amide bonds. The molecule has 3 heterocycles. The molecule has 2 aromatic carbocycles. The Morgan fingerprint density at radius 2 is 1.55 bits per heavy atom. The normalized spacial score (nSPS) is 14.2. The van der Waals surface area contributed by atoms with Crippen LogP contribution in [0.5, 0.6) is 0 Å². The molecule has 4 aromatic rings. The van der Waals surface area contributed by atoms with Gasteiger partial charge in [0.25, 0.3) is 5.91 Å². The van der Waals surface area contributed by atoms with Gasteiger partial charge in [-0.25, -0.2) is 4.98 Å². The average molecular weight is 410 g/mol. The summed E-state index contributed by atoms with van der Waals surface area (Å²) in [6.07, 6.45) is 6.49. The van der Waals surface area contributed by atoms with Gasteiger partial charge >= 0.3 is 0 Å². The first-order valence-corrected chi connectivity index (χ1v) is 10.4. The molecule has 0 unspecified atom stereocenters. The molecule has 5 rings (SSSR count). The van der Waals surface area contributed by atoms with E-state index in [9.17, 15) is 9.59 Å². The number of imidazole rings is 1. The van der Waals surface area contributed by atoms with Gasteiger partial charge in [-0.1, -0.05) is 42.0 Å². The second-order valence-electron chi connectivity index (χ2n) is 7.92. The first-order valence-electron chi connectivity index (χ1n) is 10.4. The van der Waals surface area contributed by atoms with Crippen molar-refractivity contribution in [1.29, 1.82) is 0 Å². The number of Topliss-reactive ketones (excluding diaryl/α,β-unsaturated/α-hetero) is 1. The monoisotopic (exact) mass is 410 g/mol. The van der Waals surface area contributed by atoms with Gasteiger partial charge in [0, 0.05) is 48.8 Å². The highest BCUT2D eigenvalue weighted by Crippen LogP contribution is 2.24. The first-order chi connectivity index (χ1) is 15.1. The molecular formula is C25H22N4O2. The molecule has 6 nitrogen and oxygen atoms in total. The number of rotatable bonds is 3. The van der Waals surface area contributed by atoms with Crippen LogP contribution in [0.2, 0.25) is 0 Å². The Labute approximate surface area is 180 Å². The van der Waals surface area contributed by atoms with Crippen LogP contribution in [0.25, 0.3) is 28.2 Å². The van der Waals surface area contributed by atoms with Crippen LogP contribution in [0.15, 0.2) is 67.1 Å². The molecule has 1 fully saturated rings. The van der Waals surface area contributed by atoms with E-state index in [0.717, 1.165) is 28.2 Å². The maximum Gasteiger partial charge on any atom is 0.253 e. The number of piperidine rings is 1. The minimum absolute atomic E-state index is 0.0290. The Balaban J connectivity index is 1.43. The number of carbonyl (C=O) groups is 2. The molecule has 0 spiro atoms. The molecule has 0 N–H and O–H groups in total. The summed E-state index contributed by atoms with van der Waals surface area (Å²) >= 11 is 0. The van der Waals surface area contributed by atoms with Gasteiger partial charge in [-0.3, -0.25) is 19.0 Å². The van der Waals surface area contributed by atoms with E-state index in [0.29, 0.717) is 31.5 Å². The van der Waals surface area contributed by atoms with E-state index in [1.54, 1.807) is 11.1 Å². The molecule has 0 bridgehead atoms. The van der Waals surface area contributed by atoms with Crippen LogP contribution < -0.4 is 0 Å². The van der Waals surface area contributed by atoms with Gasteiger partial charge in [-0.15, -0.1) is 0 Å². The van der Waals surface area contributed by atoms with Gasteiger partial charge in [0.15, 0.2) is 5.65 Å². The van der Waals surface area contributed by atoms with E-state index in [1.165, 1.54) is 5.56 Å². The predicted molar refractivity (Wildman–Crippen MR) is 119 cm³/mol. The highest BCUT2D eigenvalue weighted by Gasteiger charge is 2.21. The lowest BCUT2D eigenvalue weighted by molar-refractivity contribution is -0.120. The summed E-state index contributed by atoms with van der Waals surface area (Å²) in [5.41, 5.74) is 6.46. The molecule has 1 aliphatic heterocycles. The SMILES string of the molecule is Cc1ccc(-c2cnc3cnc(-c4ccc(C(=O)N5CCC(=O)CC5)cc4)cn23)cc1. The van der Waals surface area contributed by atoms with Crippen LogP contribution in [-0.4, -0.2) is 44.0 Å². The zero-order valence-corrected chi connectivity index (χ0v) is 17.3. The number of hydrogen-bond acceptors (Lipinski definition) is 4. The number of aromatic nitrogens is 3. The number of ketones is 1. The summed E-state index contributed by atoms with van der Waals surface area (Å²) in [6, 6.07) is 15.8. The van der Waals surface area contributed by atoms with Crippen molar-refractivity contribution in [2.75, 3.05) is 13.1 Å². The highest BCUT2D eigenvalue weighted by atomic mass is 16.2. The van der Waals surface area contributed by atoms with Crippen LogP contribution in [0.1, 0.15) is 28.8 Å². The van der Waals surface area contributed by atoms with Crippen LogP contribution in [0.4, 0.5) is 0 Å². The first kappa shape index (κ1) is 19.2. The molecular weight excluding hydrogens is 388 g/mol. The number of carbonyl (C=O) groups excluding carboxylic acids is 2. The van der Waals surface area contributed by atoms with Crippen molar-refractivity contribution in [1.82, 2.24) is 19.3 Å². The van der Waals surface area contributed by atoms with Crippen LogP contribution in [0.3, 0.4) is 0 Å². The molecule has 31 heavy (non-hydrogen) atoms. The molecule has 0 atom stereocenters. The van der Waals surface area contributed by atoms with Gasteiger partial charge < -0.3 is 4.90 Å². The number of benzene rings is 2. The number of amides is 1. The molecule has 154 valence electrons. The van der Waals surface area contributed by atoms with Gasteiger partial charge in [-0.2, -0.15) is 0 Å². The molecule has 0 radical (unpaired) electrons. The average Bonchev–Trinajstić information content (AvgIpc) is 3.23. The van der Waals surface area contributed by atoms with Crippen molar-refractivity contribution in [2.24, 2.45) is 0 Å². The van der Waals surface area contributed by atoms with E-state index in [-0.39, 0.29) is 11.7 Å². The summed E-state index contributed by atoms with van der Waals surface area (Å²) in [7, 11) is 0. The van der Waals surface area contributed by atoms with Gasteiger partial charge in [0.05, 0.1) is 23.8 Å². The van der Waals surface area contributed by atoms with Crippen molar-refractivity contribution in [3.05, 3.63) is 78.2 Å². The Kier molecular flexibility index (Phi) is 4.82. The predicted octanol–water partition coefficient (Wildman–Crippen LogP) is 4.18. The Morgan fingerprint density at radius 1 is 0.871 bits per heavy atom. The number of aryl methyl sites for hydroxylation is 1. The number of nitrogens with zero attached hydrogens (tertiary/aromatic N) is 4. The van der Waals surface area contributed by atoms with Gasteiger partial charge in [0.2, 0.25) is 0 Å². The molecule has 1 aliphatic rings. The van der Waals surface area contributed by atoms with Crippen LogP contribution in [-0.2, 0) is 4.79 Å². The summed E-state index contributed by atoms with van der Waals surface area (Å²) < 4.78 is 2.04. The van der Waals surface area contributed by atoms with Crippen LogP contribution in [0, 0.1) is 6.92 Å². The zero-order chi connectivity index (χ0) is 21.4. The molecule has 2 aromatic heterocycles. The molecule has 6 heteroatoms. The minimum atomic E-state index is -0.0290. The second kappa shape index (κ2) is 7.80.